The number of benzene rings is 1. The molecule has 0 saturated carbocycles. The highest BCUT2D eigenvalue weighted by atomic mass is 16.4. The van der Waals surface area contributed by atoms with Gasteiger partial charge in [-0.15, -0.1) is 0 Å². The standard InChI is InChI=1S/C15H15NO5/c1-8-6-12(18)14(20)15(21-8)11(7-13(16)19)9-2-4-10(17)5-3-9/h2-6,11,17,20H,7H2,1H3,(H2,16,19)/t11-/m0/s1. The van der Waals surface area contributed by atoms with E-state index in [1.165, 1.54) is 12.1 Å². The van der Waals surface area contributed by atoms with Crippen LogP contribution in [0.15, 0.2) is 39.5 Å². The van der Waals surface area contributed by atoms with Crippen LogP contribution in [0.3, 0.4) is 0 Å². The number of phenolic OH excluding ortho intramolecular Hbond substituents is 1. The van der Waals surface area contributed by atoms with Gasteiger partial charge >= 0.3 is 0 Å². The Hall–Kier alpha value is -2.76. The van der Waals surface area contributed by atoms with Gasteiger partial charge in [0.2, 0.25) is 17.1 Å². The van der Waals surface area contributed by atoms with E-state index in [-0.39, 0.29) is 17.9 Å². The lowest BCUT2D eigenvalue weighted by Gasteiger charge is -2.16. The molecule has 4 N–H and O–H groups in total. The third-order valence-electron chi connectivity index (χ3n) is 3.09. The Bertz CT molecular complexity index is 718. The molecule has 2 aromatic rings. The molecule has 110 valence electrons. The van der Waals surface area contributed by atoms with Gasteiger partial charge in [-0.05, 0) is 24.6 Å². The van der Waals surface area contributed by atoms with Gasteiger partial charge in [-0.1, -0.05) is 12.1 Å². The van der Waals surface area contributed by atoms with Gasteiger partial charge in [-0.25, -0.2) is 0 Å². The molecule has 1 atom stereocenters. The van der Waals surface area contributed by atoms with E-state index in [9.17, 15) is 19.8 Å². The summed E-state index contributed by atoms with van der Waals surface area (Å²) in [6.45, 7) is 1.57. The third kappa shape index (κ3) is 3.22. The topological polar surface area (TPSA) is 114 Å². The van der Waals surface area contributed by atoms with Crippen LogP contribution >= 0.6 is 0 Å². The molecular formula is C15H15NO5. The van der Waals surface area contributed by atoms with Crippen LogP contribution < -0.4 is 11.2 Å². The maximum atomic E-state index is 11.7. The van der Waals surface area contributed by atoms with Crippen molar-refractivity contribution in [2.24, 2.45) is 5.73 Å². The predicted molar refractivity (Wildman–Crippen MR) is 75.1 cm³/mol. The maximum absolute atomic E-state index is 11.7. The van der Waals surface area contributed by atoms with Gasteiger partial charge in [-0.3, -0.25) is 9.59 Å². The summed E-state index contributed by atoms with van der Waals surface area (Å²) in [6.07, 6.45) is -0.134. The van der Waals surface area contributed by atoms with Gasteiger partial charge in [-0.2, -0.15) is 0 Å². The molecule has 1 amide bonds. The number of hydrogen-bond donors (Lipinski definition) is 3. The number of carbonyl (C=O) groups is 1. The van der Waals surface area contributed by atoms with Crippen molar-refractivity contribution < 1.29 is 19.4 Å². The van der Waals surface area contributed by atoms with Crippen molar-refractivity contribution in [3.05, 3.63) is 57.6 Å². The van der Waals surface area contributed by atoms with E-state index in [1.54, 1.807) is 19.1 Å². The first-order valence-electron chi connectivity index (χ1n) is 6.29. The quantitative estimate of drug-likeness (QED) is 0.786. The molecule has 0 aliphatic rings. The van der Waals surface area contributed by atoms with Crippen LogP contribution in [0.4, 0.5) is 0 Å². The second-order valence-corrected chi connectivity index (χ2v) is 4.75. The smallest absolute Gasteiger partial charge is 0.227 e. The Kier molecular flexibility index (Phi) is 3.98. The molecule has 6 nitrogen and oxygen atoms in total. The van der Waals surface area contributed by atoms with E-state index in [2.05, 4.69) is 0 Å². The van der Waals surface area contributed by atoms with Crippen LogP contribution in [0.2, 0.25) is 0 Å². The van der Waals surface area contributed by atoms with E-state index in [0.29, 0.717) is 11.3 Å². The third-order valence-corrected chi connectivity index (χ3v) is 3.09. The number of amides is 1. The van der Waals surface area contributed by atoms with Crippen molar-refractivity contribution in [3.63, 3.8) is 0 Å². The summed E-state index contributed by atoms with van der Waals surface area (Å²) < 4.78 is 5.42. The highest BCUT2D eigenvalue weighted by molar-refractivity contribution is 5.75. The molecule has 0 saturated heterocycles. The van der Waals surface area contributed by atoms with Crippen molar-refractivity contribution in [1.29, 1.82) is 0 Å². The zero-order valence-corrected chi connectivity index (χ0v) is 11.4. The highest BCUT2D eigenvalue weighted by Gasteiger charge is 2.24. The first kappa shape index (κ1) is 14.6. The van der Waals surface area contributed by atoms with Crippen LogP contribution in [-0.4, -0.2) is 16.1 Å². The van der Waals surface area contributed by atoms with E-state index in [0.717, 1.165) is 6.07 Å². The SMILES string of the molecule is Cc1cc(=O)c(O)c([C@@H](CC(N)=O)c2ccc(O)cc2)o1. The zero-order valence-electron chi connectivity index (χ0n) is 11.4. The van der Waals surface area contributed by atoms with Crippen molar-refractivity contribution in [1.82, 2.24) is 0 Å². The fraction of sp³-hybridized carbons (Fsp3) is 0.200. The Morgan fingerprint density at radius 1 is 1.29 bits per heavy atom. The first-order chi connectivity index (χ1) is 9.88. The fourth-order valence-corrected chi connectivity index (χ4v) is 2.13. The largest absolute Gasteiger partial charge is 0.508 e. The predicted octanol–water partition coefficient (Wildman–Crippen LogP) is 1.37. The molecule has 2 rings (SSSR count). The van der Waals surface area contributed by atoms with Gasteiger partial charge in [0.15, 0.2) is 5.76 Å². The molecule has 0 fully saturated rings. The number of aromatic hydroxyl groups is 2. The minimum absolute atomic E-state index is 0.00973. The minimum Gasteiger partial charge on any atom is -0.508 e. The normalized spacial score (nSPS) is 12.0. The molecule has 1 aromatic heterocycles. The highest BCUT2D eigenvalue weighted by Crippen LogP contribution is 2.33. The summed E-state index contributed by atoms with van der Waals surface area (Å²) in [4.78, 5) is 22.9. The second kappa shape index (κ2) is 5.70. The Morgan fingerprint density at radius 3 is 2.48 bits per heavy atom. The van der Waals surface area contributed by atoms with Crippen LogP contribution in [0.1, 0.15) is 29.4 Å². The zero-order chi connectivity index (χ0) is 15.6. The Morgan fingerprint density at radius 2 is 1.90 bits per heavy atom. The molecule has 0 aliphatic carbocycles. The summed E-state index contributed by atoms with van der Waals surface area (Å²) in [5, 5.41) is 19.2. The van der Waals surface area contributed by atoms with Crippen LogP contribution in [0, 0.1) is 6.92 Å². The molecule has 1 heterocycles. The van der Waals surface area contributed by atoms with E-state index in [4.69, 9.17) is 10.2 Å². The Balaban J connectivity index is 2.58. The summed E-state index contributed by atoms with van der Waals surface area (Å²) in [7, 11) is 0. The average molecular weight is 289 g/mol. The van der Waals surface area contributed by atoms with Gasteiger partial charge in [0.05, 0.1) is 5.92 Å². The average Bonchev–Trinajstić information content (AvgIpc) is 2.41. The van der Waals surface area contributed by atoms with Crippen molar-refractivity contribution >= 4 is 5.91 Å². The minimum atomic E-state index is -0.698. The summed E-state index contributed by atoms with van der Waals surface area (Å²) >= 11 is 0. The van der Waals surface area contributed by atoms with Crippen molar-refractivity contribution in [2.45, 2.75) is 19.3 Å². The van der Waals surface area contributed by atoms with Gasteiger partial charge in [0.25, 0.3) is 0 Å². The number of rotatable bonds is 4. The van der Waals surface area contributed by atoms with E-state index in [1.807, 2.05) is 0 Å². The van der Waals surface area contributed by atoms with Crippen LogP contribution in [0.5, 0.6) is 11.5 Å². The lowest BCUT2D eigenvalue weighted by Crippen LogP contribution is -2.17. The monoisotopic (exact) mass is 289 g/mol. The number of aryl methyl sites for hydroxylation is 1. The summed E-state index contributed by atoms with van der Waals surface area (Å²) in [5.74, 6) is -1.47. The second-order valence-electron chi connectivity index (χ2n) is 4.75. The van der Waals surface area contributed by atoms with E-state index < -0.39 is 23.0 Å². The van der Waals surface area contributed by atoms with Crippen LogP contribution in [0.25, 0.3) is 0 Å². The summed E-state index contributed by atoms with van der Waals surface area (Å²) in [5.41, 5.74) is 5.25. The van der Waals surface area contributed by atoms with Crippen molar-refractivity contribution in [2.75, 3.05) is 0 Å². The first-order valence-corrected chi connectivity index (χ1v) is 6.29. The molecule has 0 aliphatic heterocycles. The number of phenols is 1. The van der Waals surface area contributed by atoms with Gasteiger partial charge < -0.3 is 20.4 Å². The van der Waals surface area contributed by atoms with Gasteiger partial charge in [0, 0.05) is 12.5 Å². The molecule has 6 heteroatoms. The maximum Gasteiger partial charge on any atom is 0.227 e. The lowest BCUT2D eigenvalue weighted by atomic mass is 9.92. The number of carbonyl (C=O) groups excluding carboxylic acids is 1. The van der Waals surface area contributed by atoms with Crippen LogP contribution in [-0.2, 0) is 4.79 Å². The van der Waals surface area contributed by atoms with Gasteiger partial charge in [0.1, 0.15) is 11.5 Å². The molecule has 0 radical (unpaired) electrons. The molecule has 0 spiro atoms. The molecule has 0 bridgehead atoms. The molecule has 1 aromatic carbocycles. The molecule has 0 unspecified atom stereocenters. The van der Waals surface area contributed by atoms with E-state index >= 15 is 0 Å². The number of hydrogen-bond acceptors (Lipinski definition) is 5. The molecular weight excluding hydrogens is 274 g/mol. The number of nitrogens with two attached hydrogens (primary N) is 1. The molecule has 21 heavy (non-hydrogen) atoms. The lowest BCUT2D eigenvalue weighted by molar-refractivity contribution is -0.118. The summed E-state index contributed by atoms with van der Waals surface area (Å²) in [6, 6.07) is 7.19. The Labute approximate surface area is 120 Å². The van der Waals surface area contributed by atoms with Crippen molar-refractivity contribution in [3.8, 4) is 11.5 Å². The fourth-order valence-electron chi connectivity index (χ4n) is 2.13. The number of primary amides is 1.